The van der Waals surface area contributed by atoms with Crippen LogP contribution in [0, 0.1) is 41.9 Å². The fraction of sp³-hybridized carbons (Fsp3) is 0.643. The number of terminal acetylenes is 1. The maximum atomic E-state index is 16.9. The molecule has 2 amide bonds. The highest BCUT2D eigenvalue weighted by molar-refractivity contribution is 6.08. The maximum absolute atomic E-state index is 16.9. The van der Waals surface area contributed by atoms with Crippen molar-refractivity contribution in [3.05, 3.63) is 35.9 Å². The number of nitrogens with one attached hydrogen (secondary N) is 2. The van der Waals surface area contributed by atoms with Crippen LogP contribution in [-0.4, -0.2) is 115 Å². The fourth-order valence-corrected chi connectivity index (χ4v) is 8.44. The Morgan fingerprint density at radius 2 is 1.71 bits per heavy atom. The number of ether oxygens (including phenoxy) is 5. The Bertz CT molecular complexity index is 1740. The molecule has 0 bridgehead atoms. The average molecular weight is 782 g/mol. The van der Waals surface area contributed by atoms with Gasteiger partial charge < -0.3 is 39.2 Å². The molecule has 3 fully saturated rings. The van der Waals surface area contributed by atoms with Gasteiger partial charge in [-0.3, -0.25) is 9.59 Å². The number of rotatable bonds is 8. The minimum atomic E-state index is -3.22. The van der Waals surface area contributed by atoms with Crippen molar-refractivity contribution in [2.24, 2.45) is 17.8 Å². The number of amides is 2. The first-order valence-electron chi connectivity index (χ1n) is 19.1. The Balaban J connectivity index is 1.88. The smallest absolute Gasteiger partial charge is 0.351 e. The molecule has 0 aliphatic carbocycles. The van der Waals surface area contributed by atoms with Gasteiger partial charge in [0, 0.05) is 17.8 Å². The van der Waals surface area contributed by atoms with Crippen molar-refractivity contribution >= 4 is 29.5 Å². The molecular formula is C42H56FN3O10. The Morgan fingerprint density at radius 1 is 1.05 bits per heavy atom. The zero-order valence-corrected chi connectivity index (χ0v) is 34.0. The molecule has 0 saturated carbocycles. The van der Waals surface area contributed by atoms with Crippen LogP contribution in [-0.2, 0) is 38.1 Å². The van der Waals surface area contributed by atoms with Crippen molar-refractivity contribution in [1.29, 1.82) is 0 Å². The summed E-state index contributed by atoms with van der Waals surface area (Å²) in [6.07, 6.45) is 0.415. The van der Waals surface area contributed by atoms with E-state index in [4.69, 9.17) is 30.1 Å². The van der Waals surface area contributed by atoms with Crippen molar-refractivity contribution < 1.29 is 52.0 Å². The highest BCUT2D eigenvalue weighted by Crippen LogP contribution is 2.40. The maximum Gasteiger partial charge on any atom is 0.351 e. The second-order valence-corrected chi connectivity index (χ2v) is 16.0. The zero-order valence-electron chi connectivity index (χ0n) is 34.0. The lowest BCUT2D eigenvalue weighted by Gasteiger charge is -2.48. The number of alkyl halides is 1. The lowest BCUT2D eigenvalue weighted by molar-refractivity contribution is -0.296. The van der Waals surface area contributed by atoms with Crippen molar-refractivity contribution in [3.63, 3.8) is 0 Å². The van der Waals surface area contributed by atoms with Gasteiger partial charge in [-0.05, 0) is 85.0 Å². The monoisotopic (exact) mass is 781 g/mol. The normalized spacial score (nSPS) is 38.1. The topological polar surface area (TPSA) is 159 Å². The second-order valence-electron chi connectivity index (χ2n) is 16.0. The quantitative estimate of drug-likeness (QED) is 0.223. The highest BCUT2D eigenvalue weighted by Gasteiger charge is 2.58. The van der Waals surface area contributed by atoms with E-state index in [1.54, 1.807) is 65.0 Å². The van der Waals surface area contributed by atoms with Gasteiger partial charge in [-0.15, -0.1) is 6.42 Å². The summed E-state index contributed by atoms with van der Waals surface area (Å²) in [6, 6.07) is 6.46. The minimum absolute atomic E-state index is 0.0977. The Kier molecular flexibility index (Phi) is 14.1. The van der Waals surface area contributed by atoms with Gasteiger partial charge >= 0.3 is 18.0 Å². The molecule has 4 rings (SSSR count). The van der Waals surface area contributed by atoms with Crippen LogP contribution in [0.15, 0.2) is 30.3 Å². The second kappa shape index (κ2) is 17.9. The number of ketones is 2. The number of carbonyl (C=O) groups is 5. The van der Waals surface area contributed by atoms with Crippen molar-refractivity contribution in [2.75, 3.05) is 20.7 Å². The van der Waals surface area contributed by atoms with Gasteiger partial charge in [-0.25, -0.2) is 18.8 Å². The molecule has 1 aromatic carbocycles. The van der Waals surface area contributed by atoms with Gasteiger partial charge in [0.25, 0.3) is 5.67 Å². The predicted octanol–water partition coefficient (Wildman–Crippen LogP) is 4.01. The van der Waals surface area contributed by atoms with Crippen LogP contribution in [0.3, 0.4) is 0 Å². The zero-order chi connectivity index (χ0) is 41.7. The third-order valence-electron chi connectivity index (χ3n) is 11.5. The van der Waals surface area contributed by atoms with Crippen LogP contribution in [0.5, 0.6) is 0 Å². The number of nitrogens with zero attached hydrogens (tertiary/aromatic N) is 1. The summed E-state index contributed by atoms with van der Waals surface area (Å²) in [6.45, 7) is 12.0. The molecule has 0 unspecified atom stereocenters. The van der Waals surface area contributed by atoms with Gasteiger partial charge in [0.2, 0.25) is 0 Å². The van der Waals surface area contributed by atoms with Crippen molar-refractivity contribution in [2.45, 2.75) is 134 Å². The first kappa shape index (κ1) is 44.4. The third kappa shape index (κ3) is 9.26. The van der Waals surface area contributed by atoms with E-state index in [2.05, 4.69) is 28.4 Å². The van der Waals surface area contributed by atoms with E-state index < -0.39 is 101 Å². The summed E-state index contributed by atoms with van der Waals surface area (Å²) in [5, 5.41) is 5.58. The van der Waals surface area contributed by atoms with E-state index in [1.807, 2.05) is 25.9 Å². The lowest BCUT2D eigenvalue weighted by Crippen LogP contribution is -2.63. The van der Waals surface area contributed by atoms with Gasteiger partial charge in [0.05, 0.1) is 41.0 Å². The van der Waals surface area contributed by atoms with Crippen LogP contribution in [0.1, 0.15) is 85.0 Å². The number of cyclic esters (lactones) is 1. The third-order valence-corrected chi connectivity index (χ3v) is 11.5. The van der Waals surface area contributed by atoms with Gasteiger partial charge in [-0.1, -0.05) is 51.8 Å². The standard InChI is InChI=1S/C42H56FN3O10/c1-12-14-18-21-52-40(7)23-24(3)31(47)26(5)33-42(9,45-39(51)44-33)30(13-2)54-38(50)41(8,43)34(48)27(6)35(40)56-37-32(29(46(10)11)22-25(4)53-37)55-36(49)28-19-16-15-17-20-28/h1,15-17,19-20,24-27,29-30,32-33,35,37H,13,21-23H2,2-11H3,(H2,44,45,51)/t24-,25-,26+,27+,29+,30-,32-,33-,35-,37+,40-,41-,42-/m1/s1. The van der Waals surface area contributed by atoms with Crippen LogP contribution >= 0.6 is 0 Å². The molecule has 3 aliphatic rings. The molecule has 2 N–H and O–H groups in total. The molecule has 3 aliphatic heterocycles. The SMILES string of the molecule is C#CC#CCO[C@]1(C)C[C@@H](C)C(=O)[C@H](C)[C@H]2NC(=O)N[C@]2(C)[C@@H](CC)OC(=O)[C@](C)(F)C(=O)[C@H](C)[C@H]1O[C@@H]1O[C@H](C)C[C@H](N(C)C)[C@H]1OC(=O)c1ccccc1. The molecule has 306 valence electrons. The van der Waals surface area contributed by atoms with Crippen molar-refractivity contribution in [1.82, 2.24) is 15.5 Å². The molecule has 3 heterocycles. The van der Waals surface area contributed by atoms with Gasteiger partial charge in [0.15, 0.2) is 18.2 Å². The lowest BCUT2D eigenvalue weighted by atomic mass is 9.72. The van der Waals surface area contributed by atoms with Gasteiger partial charge in [-0.2, -0.15) is 0 Å². The summed E-state index contributed by atoms with van der Waals surface area (Å²) >= 11 is 0. The van der Waals surface area contributed by atoms with Gasteiger partial charge in [0.1, 0.15) is 18.5 Å². The molecule has 13 atom stereocenters. The van der Waals surface area contributed by atoms with Crippen molar-refractivity contribution in [3.8, 4) is 24.2 Å². The average Bonchev–Trinajstić information content (AvgIpc) is 3.47. The summed E-state index contributed by atoms with van der Waals surface area (Å²) in [5.74, 6) is 0.710. The summed E-state index contributed by atoms with van der Waals surface area (Å²) in [7, 11) is 3.64. The Hall–Kier alpha value is -4.34. The fourth-order valence-electron chi connectivity index (χ4n) is 8.44. The van der Waals surface area contributed by atoms with E-state index in [0.717, 1.165) is 6.92 Å². The van der Waals surface area contributed by atoms with E-state index in [0.29, 0.717) is 6.42 Å². The molecule has 0 spiro atoms. The molecule has 14 heteroatoms. The first-order valence-corrected chi connectivity index (χ1v) is 19.1. The van der Waals surface area contributed by atoms with E-state index >= 15 is 4.39 Å². The number of benzene rings is 1. The number of fused-ring (bicyclic) bond motifs is 1. The van der Waals surface area contributed by atoms with E-state index in [1.165, 1.54) is 6.92 Å². The number of halogens is 1. The van der Waals surface area contributed by atoms with Crippen LogP contribution in [0.25, 0.3) is 0 Å². The Morgan fingerprint density at radius 3 is 2.32 bits per heavy atom. The molecule has 56 heavy (non-hydrogen) atoms. The number of carbonyl (C=O) groups excluding carboxylic acids is 5. The minimum Gasteiger partial charge on any atom is -0.457 e. The molecular weight excluding hydrogens is 725 g/mol. The number of hydrogen-bond acceptors (Lipinski definition) is 11. The van der Waals surface area contributed by atoms with Crippen LogP contribution < -0.4 is 10.6 Å². The molecule has 0 radical (unpaired) electrons. The molecule has 1 aromatic rings. The largest absolute Gasteiger partial charge is 0.457 e. The summed E-state index contributed by atoms with van der Waals surface area (Å²) < 4.78 is 48.3. The first-order chi connectivity index (χ1) is 26.2. The number of esters is 2. The van der Waals surface area contributed by atoms with Crippen LogP contribution in [0.4, 0.5) is 9.18 Å². The molecule has 3 saturated heterocycles. The predicted molar refractivity (Wildman–Crippen MR) is 204 cm³/mol. The Labute approximate surface area is 329 Å². The summed E-state index contributed by atoms with van der Waals surface area (Å²) in [4.78, 5) is 70.9. The van der Waals surface area contributed by atoms with E-state index in [-0.39, 0.29) is 30.8 Å². The van der Waals surface area contributed by atoms with E-state index in [9.17, 15) is 24.0 Å². The number of Topliss-reactive ketones (excluding diaryl/α,β-unsaturated/α-hetero) is 2. The summed E-state index contributed by atoms with van der Waals surface area (Å²) in [5.41, 5.74) is -5.91. The highest BCUT2D eigenvalue weighted by atomic mass is 19.1. The number of hydrogen-bond donors (Lipinski definition) is 2. The number of likely N-dealkylation sites (N-methyl/N-ethyl adjacent to an activating group) is 1. The number of urea groups is 1. The molecule has 13 nitrogen and oxygen atoms in total. The molecule has 0 aromatic heterocycles. The van der Waals surface area contributed by atoms with Crippen LogP contribution in [0.2, 0.25) is 0 Å².